The minimum atomic E-state index is 0.00337. The molecule has 2 heteroatoms. The van der Waals surface area contributed by atoms with Crippen LogP contribution in [-0.2, 0) is 0 Å². The predicted octanol–water partition coefficient (Wildman–Crippen LogP) is 7.38. The SMILES string of the molecule is CCCCCCCC/C=C\CCCCCCCC[N+]([O-])(CC)CC. The number of hydrogen-bond donors (Lipinski definition) is 0. The highest BCUT2D eigenvalue weighted by Gasteiger charge is 2.09. The molecule has 0 radical (unpaired) electrons. The Morgan fingerprint density at radius 1 is 0.583 bits per heavy atom. The van der Waals surface area contributed by atoms with Crippen molar-refractivity contribution in [2.45, 2.75) is 111 Å². The summed E-state index contributed by atoms with van der Waals surface area (Å²) in [5.74, 6) is 0. The Morgan fingerprint density at radius 2 is 1.00 bits per heavy atom. The van der Waals surface area contributed by atoms with Gasteiger partial charge in [0, 0.05) is 0 Å². The van der Waals surface area contributed by atoms with E-state index in [9.17, 15) is 5.21 Å². The first-order valence-corrected chi connectivity index (χ1v) is 10.9. The maximum absolute atomic E-state index is 12.1. The minimum absolute atomic E-state index is 0.00337. The number of unbranched alkanes of at least 4 members (excludes halogenated alkanes) is 12. The van der Waals surface area contributed by atoms with Crippen LogP contribution in [0.25, 0.3) is 0 Å². The molecule has 0 rings (SSSR count). The molecule has 2 nitrogen and oxygen atoms in total. The highest BCUT2D eigenvalue weighted by Crippen LogP contribution is 2.12. The normalized spacial score (nSPS) is 12.3. The lowest BCUT2D eigenvalue weighted by atomic mass is 10.1. The molecule has 144 valence electrons. The molecule has 0 saturated carbocycles. The topological polar surface area (TPSA) is 23.1 Å². The van der Waals surface area contributed by atoms with Crippen LogP contribution >= 0.6 is 0 Å². The average molecular weight is 340 g/mol. The van der Waals surface area contributed by atoms with Crippen LogP contribution in [0.2, 0.25) is 0 Å². The fourth-order valence-corrected chi connectivity index (χ4v) is 3.19. The molecule has 0 N–H and O–H groups in total. The third-order valence-electron chi connectivity index (χ3n) is 5.23. The van der Waals surface area contributed by atoms with Gasteiger partial charge in [-0.05, 0) is 52.4 Å². The Hall–Kier alpha value is -0.340. The van der Waals surface area contributed by atoms with Gasteiger partial charge in [-0.1, -0.05) is 70.4 Å². The van der Waals surface area contributed by atoms with E-state index in [-0.39, 0.29) is 4.65 Å². The van der Waals surface area contributed by atoms with Gasteiger partial charge in [0.25, 0.3) is 0 Å². The van der Waals surface area contributed by atoms with Gasteiger partial charge in [-0.25, -0.2) is 0 Å². The molecule has 0 aromatic carbocycles. The Bertz CT molecular complexity index is 271. The van der Waals surface area contributed by atoms with Gasteiger partial charge in [-0.15, -0.1) is 0 Å². The molecule has 0 amide bonds. The van der Waals surface area contributed by atoms with Crippen molar-refractivity contribution in [3.05, 3.63) is 17.4 Å². The van der Waals surface area contributed by atoms with E-state index in [2.05, 4.69) is 19.1 Å². The maximum atomic E-state index is 12.1. The van der Waals surface area contributed by atoms with Crippen molar-refractivity contribution in [1.82, 2.24) is 0 Å². The van der Waals surface area contributed by atoms with Crippen LogP contribution in [0.4, 0.5) is 0 Å². The average Bonchev–Trinajstić information content (AvgIpc) is 2.61. The summed E-state index contributed by atoms with van der Waals surface area (Å²) in [6.45, 7) is 8.56. The van der Waals surface area contributed by atoms with Gasteiger partial charge in [0.05, 0.1) is 19.6 Å². The van der Waals surface area contributed by atoms with E-state index < -0.39 is 0 Å². The standard InChI is InChI=1S/C22H45NO/c1-4-7-8-9-10-11-12-13-14-15-16-17-18-19-20-21-22-23(24,5-2)6-3/h13-14H,4-12,15-22H2,1-3H3/b14-13-. The second-order valence-corrected chi connectivity index (χ2v) is 7.35. The Labute approximate surface area is 152 Å². The third kappa shape index (κ3) is 15.2. The Balaban J connectivity index is 3.23. The smallest absolute Gasteiger partial charge is 0.0783 e. The lowest BCUT2D eigenvalue weighted by Gasteiger charge is -2.41. The number of rotatable bonds is 18. The van der Waals surface area contributed by atoms with Crippen molar-refractivity contribution >= 4 is 0 Å². The van der Waals surface area contributed by atoms with Crippen LogP contribution < -0.4 is 0 Å². The second-order valence-electron chi connectivity index (χ2n) is 7.35. The molecule has 0 fully saturated rings. The molecule has 0 aliphatic carbocycles. The molecule has 0 aliphatic rings. The maximum Gasteiger partial charge on any atom is 0.0783 e. The van der Waals surface area contributed by atoms with Crippen molar-refractivity contribution in [2.75, 3.05) is 19.6 Å². The van der Waals surface area contributed by atoms with Gasteiger partial charge in [-0.2, -0.15) is 0 Å². The first-order chi connectivity index (χ1) is 11.7. The fraction of sp³-hybridized carbons (Fsp3) is 0.909. The zero-order valence-corrected chi connectivity index (χ0v) is 17.0. The van der Waals surface area contributed by atoms with E-state index in [4.69, 9.17) is 0 Å². The van der Waals surface area contributed by atoms with E-state index in [0.29, 0.717) is 0 Å². The highest BCUT2D eigenvalue weighted by molar-refractivity contribution is 4.81. The highest BCUT2D eigenvalue weighted by atomic mass is 16.5. The van der Waals surface area contributed by atoms with Crippen LogP contribution in [0.1, 0.15) is 111 Å². The fourth-order valence-electron chi connectivity index (χ4n) is 3.19. The summed E-state index contributed by atoms with van der Waals surface area (Å²) < 4.78 is 0.00337. The van der Waals surface area contributed by atoms with Crippen molar-refractivity contribution in [2.24, 2.45) is 0 Å². The van der Waals surface area contributed by atoms with Crippen LogP contribution in [0, 0.1) is 5.21 Å². The van der Waals surface area contributed by atoms with Crippen LogP contribution in [0.5, 0.6) is 0 Å². The van der Waals surface area contributed by atoms with E-state index in [1.54, 1.807) is 0 Å². The molecule has 0 atom stereocenters. The van der Waals surface area contributed by atoms with Gasteiger partial charge in [0.2, 0.25) is 0 Å². The molecule has 0 aliphatic heterocycles. The molecule has 0 bridgehead atoms. The zero-order chi connectivity index (χ0) is 17.9. The van der Waals surface area contributed by atoms with Gasteiger partial charge in [0.15, 0.2) is 0 Å². The summed E-state index contributed by atoms with van der Waals surface area (Å²) in [6, 6.07) is 0. The summed E-state index contributed by atoms with van der Waals surface area (Å²) in [7, 11) is 0. The molecular weight excluding hydrogens is 294 g/mol. The molecule has 0 spiro atoms. The molecule has 0 saturated heterocycles. The number of hydroxylamine groups is 3. The van der Waals surface area contributed by atoms with Gasteiger partial charge in [0.1, 0.15) is 0 Å². The Morgan fingerprint density at radius 3 is 1.46 bits per heavy atom. The van der Waals surface area contributed by atoms with E-state index >= 15 is 0 Å². The first kappa shape index (κ1) is 23.7. The second kappa shape index (κ2) is 17.5. The quantitative estimate of drug-likeness (QED) is 0.111. The number of hydrogen-bond acceptors (Lipinski definition) is 1. The molecule has 0 heterocycles. The van der Waals surface area contributed by atoms with Crippen LogP contribution in [0.15, 0.2) is 12.2 Å². The van der Waals surface area contributed by atoms with E-state index in [1.807, 2.05) is 13.8 Å². The largest absolute Gasteiger partial charge is 0.633 e. The molecule has 0 unspecified atom stereocenters. The predicted molar refractivity (Wildman–Crippen MR) is 109 cm³/mol. The summed E-state index contributed by atoms with van der Waals surface area (Å²) in [4.78, 5) is 0. The van der Waals surface area contributed by atoms with Crippen LogP contribution in [0.3, 0.4) is 0 Å². The van der Waals surface area contributed by atoms with Crippen molar-refractivity contribution < 1.29 is 4.65 Å². The first-order valence-electron chi connectivity index (χ1n) is 10.9. The number of allylic oxidation sites excluding steroid dienone is 2. The lowest BCUT2D eigenvalue weighted by molar-refractivity contribution is -0.877. The summed E-state index contributed by atoms with van der Waals surface area (Å²) in [6.07, 6.45) is 23.3. The lowest BCUT2D eigenvalue weighted by Crippen LogP contribution is -2.42. The van der Waals surface area contributed by atoms with Crippen LogP contribution in [-0.4, -0.2) is 24.3 Å². The van der Waals surface area contributed by atoms with E-state index in [1.165, 1.54) is 83.5 Å². The zero-order valence-electron chi connectivity index (χ0n) is 17.0. The van der Waals surface area contributed by atoms with Crippen molar-refractivity contribution in [3.8, 4) is 0 Å². The van der Waals surface area contributed by atoms with Gasteiger partial charge in [-0.3, -0.25) is 0 Å². The van der Waals surface area contributed by atoms with Gasteiger partial charge < -0.3 is 9.85 Å². The molecular formula is C22H45NO. The number of nitrogens with zero attached hydrogens (tertiary/aromatic N) is 1. The summed E-state index contributed by atoms with van der Waals surface area (Å²) >= 11 is 0. The summed E-state index contributed by atoms with van der Waals surface area (Å²) in [5.41, 5.74) is 0. The number of quaternary nitrogens is 1. The Kier molecular flexibility index (Phi) is 17.2. The van der Waals surface area contributed by atoms with Gasteiger partial charge >= 0.3 is 0 Å². The molecule has 0 aromatic rings. The minimum Gasteiger partial charge on any atom is -0.633 e. The van der Waals surface area contributed by atoms with E-state index in [0.717, 1.165) is 26.1 Å². The molecule has 24 heavy (non-hydrogen) atoms. The van der Waals surface area contributed by atoms with Crippen molar-refractivity contribution in [1.29, 1.82) is 0 Å². The molecule has 0 aromatic heterocycles. The monoisotopic (exact) mass is 339 g/mol. The summed E-state index contributed by atoms with van der Waals surface area (Å²) in [5, 5.41) is 12.1. The third-order valence-corrected chi connectivity index (χ3v) is 5.23. The van der Waals surface area contributed by atoms with Crippen molar-refractivity contribution in [3.63, 3.8) is 0 Å².